The molecule has 0 aliphatic carbocycles. The molecule has 122 valence electrons. The number of benzene rings is 2. The summed E-state index contributed by atoms with van der Waals surface area (Å²) in [5, 5.41) is 3.08. The highest BCUT2D eigenvalue weighted by atomic mass is 16.2. The Morgan fingerprint density at radius 1 is 0.913 bits per heavy atom. The van der Waals surface area contributed by atoms with E-state index in [1.54, 1.807) is 0 Å². The van der Waals surface area contributed by atoms with E-state index in [9.17, 15) is 4.79 Å². The van der Waals surface area contributed by atoms with Crippen LogP contribution in [0, 0.1) is 0 Å². The van der Waals surface area contributed by atoms with Crippen LogP contribution in [0.4, 0.5) is 0 Å². The number of nitrogens with one attached hydrogen (secondary N) is 1. The Labute approximate surface area is 137 Å². The van der Waals surface area contributed by atoms with Crippen molar-refractivity contribution in [1.29, 1.82) is 0 Å². The van der Waals surface area contributed by atoms with E-state index >= 15 is 0 Å². The zero-order valence-electron chi connectivity index (χ0n) is 13.3. The minimum Gasteiger partial charge on any atom is -0.344 e. The Balaban J connectivity index is 2.11. The molecule has 5 N–H and O–H groups in total. The summed E-state index contributed by atoms with van der Waals surface area (Å²) in [5.41, 5.74) is 13.6. The molecule has 2 rings (SSSR count). The summed E-state index contributed by atoms with van der Waals surface area (Å²) in [6, 6.07) is 19.2. The molecule has 0 spiro atoms. The second-order valence-corrected chi connectivity index (χ2v) is 5.65. The molecule has 0 saturated heterocycles. The van der Waals surface area contributed by atoms with E-state index in [1.807, 2.05) is 60.7 Å². The van der Waals surface area contributed by atoms with Gasteiger partial charge in [-0.25, -0.2) is 0 Å². The highest BCUT2D eigenvalue weighted by Crippen LogP contribution is 2.21. The van der Waals surface area contributed by atoms with Crippen molar-refractivity contribution in [2.75, 3.05) is 6.54 Å². The average molecular weight is 311 g/mol. The molecule has 1 atom stereocenters. The highest BCUT2D eigenvalue weighted by Gasteiger charge is 2.20. The van der Waals surface area contributed by atoms with Gasteiger partial charge >= 0.3 is 0 Å². The number of rotatable bonds is 8. The fourth-order valence-corrected chi connectivity index (χ4v) is 2.54. The first kappa shape index (κ1) is 17.2. The summed E-state index contributed by atoms with van der Waals surface area (Å²) in [4.78, 5) is 12.4. The van der Waals surface area contributed by atoms with E-state index in [0.717, 1.165) is 24.0 Å². The maximum absolute atomic E-state index is 12.4. The van der Waals surface area contributed by atoms with Crippen molar-refractivity contribution in [2.45, 2.75) is 31.3 Å². The van der Waals surface area contributed by atoms with Crippen molar-refractivity contribution >= 4 is 5.91 Å². The highest BCUT2D eigenvalue weighted by molar-refractivity contribution is 5.82. The summed E-state index contributed by atoms with van der Waals surface area (Å²) in [7, 11) is 0. The van der Waals surface area contributed by atoms with E-state index < -0.39 is 6.04 Å². The number of nitrogens with two attached hydrogens (primary N) is 2. The van der Waals surface area contributed by atoms with Crippen molar-refractivity contribution in [3.63, 3.8) is 0 Å². The molecule has 0 radical (unpaired) electrons. The SMILES string of the molecule is NCCCC[C@H](N)C(=O)NC(c1ccccc1)c1ccccc1. The lowest BCUT2D eigenvalue weighted by Gasteiger charge is -2.22. The topological polar surface area (TPSA) is 81.1 Å². The number of unbranched alkanes of at least 4 members (excludes halogenated alkanes) is 1. The first-order valence-corrected chi connectivity index (χ1v) is 8.08. The molecule has 0 bridgehead atoms. The predicted molar refractivity (Wildman–Crippen MR) is 93.8 cm³/mol. The molecule has 0 saturated carbocycles. The minimum atomic E-state index is -0.503. The quantitative estimate of drug-likeness (QED) is 0.655. The molecule has 4 nitrogen and oxygen atoms in total. The van der Waals surface area contributed by atoms with Crippen LogP contribution in [0.2, 0.25) is 0 Å². The van der Waals surface area contributed by atoms with Gasteiger partial charge in [-0.3, -0.25) is 4.79 Å². The van der Waals surface area contributed by atoms with Gasteiger partial charge in [0.15, 0.2) is 0 Å². The Bertz CT molecular complexity index is 547. The number of amides is 1. The van der Waals surface area contributed by atoms with Crippen molar-refractivity contribution in [1.82, 2.24) is 5.32 Å². The summed E-state index contributed by atoms with van der Waals surface area (Å²) in [6.45, 7) is 0.630. The zero-order valence-corrected chi connectivity index (χ0v) is 13.3. The summed E-state index contributed by atoms with van der Waals surface area (Å²) >= 11 is 0. The fraction of sp³-hybridized carbons (Fsp3) is 0.316. The number of carbonyl (C=O) groups is 1. The van der Waals surface area contributed by atoms with Crippen LogP contribution in [0.15, 0.2) is 60.7 Å². The van der Waals surface area contributed by atoms with Crippen LogP contribution in [0.1, 0.15) is 36.4 Å². The van der Waals surface area contributed by atoms with Crippen molar-refractivity contribution in [2.24, 2.45) is 11.5 Å². The van der Waals surface area contributed by atoms with Crippen molar-refractivity contribution < 1.29 is 4.79 Å². The van der Waals surface area contributed by atoms with Crippen LogP contribution in [-0.4, -0.2) is 18.5 Å². The maximum atomic E-state index is 12.4. The molecule has 2 aromatic carbocycles. The van der Waals surface area contributed by atoms with Gasteiger partial charge in [0, 0.05) is 0 Å². The van der Waals surface area contributed by atoms with Crippen LogP contribution in [0.5, 0.6) is 0 Å². The number of hydrogen-bond donors (Lipinski definition) is 3. The van der Waals surface area contributed by atoms with Gasteiger partial charge in [0.2, 0.25) is 5.91 Å². The van der Waals surface area contributed by atoms with Crippen molar-refractivity contribution in [3.05, 3.63) is 71.8 Å². The first-order valence-electron chi connectivity index (χ1n) is 8.08. The smallest absolute Gasteiger partial charge is 0.237 e. The Kier molecular flexibility index (Phi) is 6.78. The van der Waals surface area contributed by atoms with Crippen molar-refractivity contribution in [3.8, 4) is 0 Å². The van der Waals surface area contributed by atoms with Gasteiger partial charge in [0.1, 0.15) is 0 Å². The molecular weight excluding hydrogens is 286 g/mol. The molecule has 4 heteroatoms. The monoisotopic (exact) mass is 311 g/mol. The molecule has 0 heterocycles. The Morgan fingerprint density at radius 2 is 1.43 bits per heavy atom. The Hall–Kier alpha value is -2.17. The van der Waals surface area contributed by atoms with Gasteiger partial charge in [-0.1, -0.05) is 67.1 Å². The second kappa shape index (κ2) is 9.08. The standard InChI is InChI=1S/C19H25N3O/c20-14-8-7-13-17(21)19(23)22-18(15-9-3-1-4-10-15)16-11-5-2-6-12-16/h1-6,9-12,17-18H,7-8,13-14,20-21H2,(H,22,23)/t17-/m0/s1. The third kappa shape index (κ3) is 5.20. The maximum Gasteiger partial charge on any atom is 0.237 e. The first-order chi connectivity index (χ1) is 11.2. The lowest BCUT2D eigenvalue weighted by molar-refractivity contribution is -0.123. The Morgan fingerprint density at radius 3 is 1.91 bits per heavy atom. The lowest BCUT2D eigenvalue weighted by atomic mass is 9.98. The van der Waals surface area contributed by atoms with Crippen LogP contribution < -0.4 is 16.8 Å². The molecule has 2 aromatic rings. The average Bonchev–Trinajstić information content (AvgIpc) is 2.61. The summed E-state index contributed by atoms with van der Waals surface area (Å²) in [5.74, 6) is -0.125. The van der Waals surface area contributed by atoms with E-state index in [0.29, 0.717) is 13.0 Å². The molecule has 0 aliphatic rings. The van der Waals surface area contributed by atoms with E-state index in [2.05, 4.69) is 5.32 Å². The second-order valence-electron chi connectivity index (χ2n) is 5.65. The van der Waals surface area contributed by atoms with Crippen LogP contribution in [0.3, 0.4) is 0 Å². The molecule has 0 unspecified atom stereocenters. The number of hydrogen-bond acceptors (Lipinski definition) is 3. The lowest BCUT2D eigenvalue weighted by Crippen LogP contribution is -2.42. The normalized spacial score (nSPS) is 12.1. The van der Waals surface area contributed by atoms with Crippen LogP contribution >= 0.6 is 0 Å². The molecule has 23 heavy (non-hydrogen) atoms. The van der Waals surface area contributed by atoms with Gasteiger partial charge in [0.25, 0.3) is 0 Å². The third-order valence-electron chi connectivity index (χ3n) is 3.86. The van der Waals surface area contributed by atoms with Gasteiger partial charge in [-0.15, -0.1) is 0 Å². The van der Waals surface area contributed by atoms with Gasteiger partial charge in [0.05, 0.1) is 12.1 Å². The van der Waals surface area contributed by atoms with Gasteiger partial charge in [-0.2, -0.15) is 0 Å². The number of carbonyl (C=O) groups excluding carboxylic acids is 1. The van der Waals surface area contributed by atoms with Gasteiger partial charge < -0.3 is 16.8 Å². The predicted octanol–water partition coefficient (Wildman–Crippen LogP) is 2.35. The van der Waals surface area contributed by atoms with E-state index in [1.165, 1.54) is 0 Å². The van der Waals surface area contributed by atoms with Gasteiger partial charge in [-0.05, 0) is 30.5 Å². The fourth-order valence-electron chi connectivity index (χ4n) is 2.54. The zero-order chi connectivity index (χ0) is 16.5. The van der Waals surface area contributed by atoms with Crippen LogP contribution in [0.25, 0.3) is 0 Å². The largest absolute Gasteiger partial charge is 0.344 e. The third-order valence-corrected chi connectivity index (χ3v) is 3.86. The molecule has 0 fully saturated rings. The van der Waals surface area contributed by atoms with E-state index in [4.69, 9.17) is 11.5 Å². The molecule has 0 aliphatic heterocycles. The molecular formula is C19H25N3O. The molecule has 1 amide bonds. The molecule has 0 aromatic heterocycles. The van der Waals surface area contributed by atoms with Crippen LogP contribution in [-0.2, 0) is 4.79 Å². The summed E-state index contributed by atoms with van der Waals surface area (Å²) in [6.07, 6.45) is 2.41. The summed E-state index contributed by atoms with van der Waals surface area (Å²) < 4.78 is 0. The van der Waals surface area contributed by atoms with E-state index in [-0.39, 0.29) is 11.9 Å². The minimum absolute atomic E-state index is 0.125.